The number of benzene rings is 1. The largest absolute Gasteiger partial charge is 0.335 e. The van der Waals surface area contributed by atoms with Crippen LogP contribution >= 0.6 is 12.4 Å². The third kappa shape index (κ3) is 5.89. The summed E-state index contributed by atoms with van der Waals surface area (Å²) < 4.78 is 27.7. The Bertz CT molecular complexity index is 616. The van der Waals surface area contributed by atoms with Gasteiger partial charge < -0.3 is 10.2 Å². The van der Waals surface area contributed by atoms with E-state index in [0.717, 1.165) is 63.7 Å². The topological polar surface area (TPSA) is 32.3 Å². The van der Waals surface area contributed by atoms with Crippen molar-refractivity contribution in [3.8, 4) is 0 Å². The number of rotatable bonds is 6. The Morgan fingerprint density at radius 1 is 1.19 bits per heavy atom. The third-order valence-electron chi connectivity index (χ3n) is 6.12. The van der Waals surface area contributed by atoms with Crippen LogP contribution < -0.4 is 5.32 Å². The van der Waals surface area contributed by atoms with E-state index < -0.39 is 11.6 Å². The normalized spacial score (nSPS) is 19.5. The Balaban J connectivity index is 0.00000261. The van der Waals surface area contributed by atoms with E-state index in [0.29, 0.717) is 18.3 Å². The maximum Gasteiger partial charge on any atom is 0.223 e. The predicted octanol–water partition coefficient (Wildman–Crippen LogP) is 4.68. The van der Waals surface area contributed by atoms with Gasteiger partial charge in [0.2, 0.25) is 5.91 Å². The lowest BCUT2D eigenvalue weighted by atomic mass is 9.84. The summed E-state index contributed by atoms with van der Waals surface area (Å²) in [6.45, 7) is 4.36. The van der Waals surface area contributed by atoms with E-state index >= 15 is 0 Å². The first-order valence-corrected chi connectivity index (χ1v) is 9.98. The number of hydrogen-bond donors (Lipinski definition) is 1. The van der Waals surface area contributed by atoms with E-state index in [4.69, 9.17) is 0 Å². The summed E-state index contributed by atoms with van der Waals surface area (Å²) in [5.74, 6) is 0.0888. The van der Waals surface area contributed by atoms with E-state index in [9.17, 15) is 13.6 Å². The van der Waals surface area contributed by atoms with E-state index in [1.165, 1.54) is 6.07 Å². The summed E-state index contributed by atoms with van der Waals surface area (Å²) in [5, 5.41) is 3.36. The minimum atomic E-state index is -0.455. The van der Waals surface area contributed by atoms with Gasteiger partial charge in [0.15, 0.2) is 0 Å². The van der Waals surface area contributed by atoms with Crippen molar-refractivity contribution in [1.29, 1.82) is 0 Å². The molecule has 1 aromatic rings. The summed E-state index contributed by atoms with van der Waals surface area (Å²) in [6, 6.07) is 3.66. The lowest BCUT2D eigenvalue weighted by molar-refractivity contribution is -0.135. The molecule has 1 saturated heterocycles. The van der Waals surface area contributed by atoms with Crippen LogP contribution in [0.3, 0.4) is 0 Å². The standard InChI is InChI=1S/C21H30F2N2O.ClH/c1-15(16-8-10-24-11-9-16)12-21(26)25(19-4-2-3-5-19)14-17-13-18(22)6-7-20(17)23;/h6-7,13,15-16,19,24H,2-5,8-12,14H2,1H3;1H. The molecular formula is C21H31ClF2N2O. The van der Waals surface area contributed by atoms with E-state index in [-0.39, 0.29) is 36.5 Å². The van der Waals surface area contributed by atoms with Gasteiger partial charge in [0.05, 0.1) is 0 Å². The zero-order valence-corrected chi connectivity index (χ0v) is 16.9. The Hall–Kier alpha value is -1.20. The molecule has 27 heavy (non-hydrogen) atoms. The summed E-state index contributed by atoms with van der Waals surface area (Å²) in [4.78, 5) is 14.9. The summed E-state index contributed by atoms with van der Waals surface area (Å²) in [7, 11) is 0. The molecule has 3 nitrogen and oxygen atoms in total. The smallest absolute Gasteiger partial charge is 0.223 e. The molecule has 2 aliphatic rings. The Morgan fingerprint density at radius 3 is 2.52 bits per heavy atom. The van der Waals surface area contributed by atoms with Crippen LogP contribution in [0.4, 0.5) is 8.78 Å². The zero-order chi connectivity index (χ0) is 18.5. The molecule has 1 heterocycles. The molecule has 152 valence electrons. The Labute approximate surface area is 167 Å². The summed E-state index contributed by atoms with van der Waals surface area (Å²) in [6.07, 6.45) is 6.84. The van der Waals surface area contributed by atoms with Gasteiger partial charge in [-0.1, -0.05) is 19.8 Å². The third-order valence-corrected chi connectivity index (χ3v) is 6.12. The number of carbonyl (C=O) groups excluding carboxylic acids is 1. The molecule has 2 fully saturated rings. The van der Waals surface area contributed by atoms with Gasteiger partial charge in [-0.05, 0) is 68.8 Å². The molecule has 1 amide bonds. The van der Waals surface area contributed by atoms with Crippen molar-refractivity contribution in [2.75, 3.05) is 13.1 Å². The van der Waals surface area contributed by atoms with Crippen LogP contribution in [0.5, 0.6) is 0 Å². The quantitative estimate of drug-likeness (QED) is 0.751. The highest BCUT2D eigenvalue weighted by Gasteiger charge is 2.30. The highest BCUT2D eigenvalue weighted by atomic mass is 35.5. The maximum absolute atomic E-state index is 14.1. The second-order valence-corrected chi connectivity index (χ2v) is 7.96. The number of carbonyl (C=O) groups is 1. The first-order valence-electron chi connectivity index (χ1n) is 9.98. The number of nitrogens with one attached hydrogen (secondary N) is 1. The highest BCUT2D eigenvalue weighted by molar-refractivity contribution is 5.85. The molecule has 1 N–H and O–H groups in total. The number of nitrogens with zero attached hydrogens (tertiary/aromatic N) is 1. The second kappa shape index (κ2) is 10.4. The predicted molar refractivity (Wildman–Crippen MR) is 106 cm³/mol. The average molecular weight is 401 g/mol. The monoisotopic (exact) mass is 400 g/mol. The van der Waals surface area contributed by atoms with E-state index in [1.54, 1.807) is 0 Å². The van der Waals surface area contributed by atoms with Crippen LogP contribution in [-0.4, -0.2) is 29.9 Å². The van der Waals surface area contributed by atoms with Crippen LogP contribution in [0.1, 0.15) is 57.4 Å². The Morgan fingerprint density at radius 2 is 1.85 bits per heavy atom. The molecule has 1 unspecified atom stereocenters. The molecule has 0 aromatic heterocycles. The molecule has 1 saturated carbocycles. The van der Waals surface area contributed by atoms with Gasteiger partial charge in [-0.3, -0.25) is 4.79 Å². The van der Waals surface area contributed by atoms with Crippen LogP contribution in [0.25, 0.3) is 0 Å². The first kappa shape index (κ1) is 22.1. The van der Waals surface area contributed by atoms with Crippen LogP contribution in [0.15, 0.2) is 18.2 Å². The fourth-order valence-electron chi connectivity index (χ4n) is 4.46. The molecule has 6 heteroatoms. The summed E-state index contributed by atoms with van der Waals surface area (Å²) >= 11 is 0. The highest BCUT2D eigenvalue weighted by Crippen LogP contribution is 2.29. The molecule has 0 spiro atoms. The molecular weight excluding hydrogens is 370 g/mol. The number of amides is 1. The zero-order valence-electron chi connectivity index (χ0n) is 16.1. The van der Waals surface area contributed by atoms with E-state index in [2.05, 4.69) is 12.2 Å². The lowest BCUT2D eigenvalue weighted by Gasteiger charge is -2.33. The SMILES string of the molecule is CC(CC(=O)N(Cc1cc(F)ccc1F)C1CCCC1)C1CCNCC1.Cl. The summed E-state index contributed by atoms with van der Waals surface area (Å²) in [5.41, 5.74) is 0.278. The number of hydrogen-bond acceptors (Lipinski definition) is 2. The van der Waals surface area contributed by atoms with Crippen molar-refractivity contribution < 1.29 is 13.6 Å². The van der Waals surface area contributed by atoms with Gasteiger partial charge in [0.1, 0.15) is 11.6 Å². The van der Waals surface area contributed by atoms with Gasteiger partial charge in [-0.2, -0.15) is 0 Å². The average Bonchev–Trinajstić information content (AvgIpc) is 3.17. The van der Waals surface area contributed by atoms with Gasteiger partial charge in [-0.25, -0.2) is 8.78 Å². The molecule has 1 atom stereocenters. The van der Waals surface area contributed by atoms with Crippen molar-refractivity contribution in [3.63, 3.8) is 0 Å². The minimum absolute atomic E-state index is 0. The molecule has 1 aliphatic heterocycles. The number of piperidine rings is 1. The van der Waals surface area contributed by atoms with Gasteiger partial charge in [0, 0.05) is 24.6 Å². The van der Waals surface area contributed by atoms with Gasteiger partial charge in [0.25, 0.3) is 0 Å². The molecule has 0 radical (unpaired) electrons. The fourth-order valence-corrected chi connectivity index (χ4v) is 4.46. The lowest BCUT2D eigenvalue weighted by Crippen LogP contribution is -2.40. The van der Waals surface area contributed by atoms with Crippen molar-refractivity contribution in [2.45, 2.75) is 64.5 Å². The molecule has 3 rings (SSSR count). The Kier molecular flexibility index (Phi) is 8.49. The van der Waals surface area contributed by atoms with Crippen LogP contribution in [-0.2, 0) is 11.3 Å². The van der Waals surface area contributed by atoms with Crippen molar-refractivity contribution in [1.82, 2.24) is 10.2 Å². The maximum atomic E-state index is 14.1. The van der Waals surface area contributed by atoms with Gasteiger partial charge in [-0.15, -0.1) is 12.4 Å². The van der Waals surface area contributed by atoms with Gasteiger partial charge >= 0.3 is 0 Å². The number of halogens is 3. The molecule has 1 aromatic carbocycles. The van der Waals surface area contributed by atoms with Crippen LogP contribution in [0.2, 0.25) is 0 Å². The fraction of sp³-hybridized carbons (Fsp3) is 0.667. The minimum Gasteiger partial charge on any atom is -0.335 e. The van der Waals surface area contributed by atoms with Crippen LogP contribution in [0, 0.1) is 23.5 Å². The van der Waals surface area contributed by atoms with Crippen molar-refractivity contribution in [3.05, 3.63) is 35.4 Å². The van der Waals surface area contributed by atoms with Crippen molar-refractivity contribution in [2.24, 2.45) is 11.8 Å². The first-order chi connectivity index (χ1) is 12.5. The second-order valence-electron chi connectivity index (χ2n) is 7.96. The molecule has 1 aliphatic carbocycles. The van der Waals surface area contributed by atoms with Crippen molar-refractivity contribution >= 4 is 18.3 Å². The van der Waals surface area contributed by atoms with E-state index in [1.807, 2.05) is 4.90 Å². The molecule has 0 bridgehead atoms.